The van der Waals surface area contributed by atoms with Crippen molar-refractivity contribution in [1.29, 1.82) is 0 Å². The summed E-state index contributed by atoms with van der Waals surface area (Å²) in [5, 5.41) is 2.14. The lowest BCUT2D eigenvalue weighted by molar-refractivity contribution is 0.761. The Balaban J connectivity index is 2.94. The van der Waals surface area contributed by atoms with Gasteiger partial charge in [-0.05, 0) is 42.9 Å². The molecule has 0 nitrogen and oxygen atoms in total. The minimum atomic E-state index is 0.932. The molecule has 0 aliphatic rings. The van der Waals surface area contributed by atoms with Crippen LogP contribution in [0.3, 0.4) is 0 Å². The van der Waals surface area contributed by atoms with E-state index in [0.717, 1.165) is 17.9 Å². The van der Waals surface area contributed by atoms with Crippen molar-refractivity contribution in [1.82, 2.24) is 0 Å². The highest BCUT2D eigenvalue weighted by Gasteiger charge is 2.09. The third-order valence-corrected chi connectivity index (χ3v) is 3.76. The van der Waals surface area contributed by atoms with Crippen molar-refractivity contribution >= 4 is 27.0 Å². The van der Waals surface area contributed by atoms with Crippen LogP contribution in [0, 0.1) is 0 Å². The number of benzene rings is 1. The molecule has 2 heteroatoms. The highest BCUT2D eigenvalue weighted by molar-refractivity contribution is 6.35. The standard InChI is InChI=1S/C14H20ClSi/c1-3-5-7-11-12(8-6-4-2)14(16)10-9-13(11)15/h9-10H,3-8H2,1-2H3. The summed E-state index contributed by atoms with van der Waals surface area (Å²) in [7, 11) is 3.70. The van der Waals surface area contributed by atoms with E-state index in [0.29, 0.717) is 0 Å². The summed E-state index contributed by atoms with van der Waals surface area (Å²) in [6.45, 7) is 4.45. The maximum absolute atomic E-state index is 6.29. The van der Waals surface area contributed by atoms with Gasteiger partial charge >= 0.3 is 0 Å². The van der Waals surface area contributed by atoms with E-state index in [1.54, 1.807) is 0 Å². The summed E-state index contributed by atoms with van der Waals surface area (Å²) in [6, 6.07) is 4.07. The summed E-state index contributed by atoms with van der Waals surface area (Å²) in [6.07, 6.45) is 7.13. The topological polar surface area (TPSA) is 0 Å². The molecule has 1 rings (SSSR count). The highest BCUT2D eigenvalue weighted by atomic mass is 35.5. The lowest BCUT2D eigenvalue weighted by Crippen LogP contribution is -2.14. The zero-order valence-corrected chi connectivity index (χ0v) is 12.0. The van der Waals surface area contributed by atoms with E-state index >= 15 is 0 Å². The Morgan fingerprint density at radius 2 is 1.56 bits per heavy atom. The molecule has 16 heavy (non-hydrogen) atoms. The third kappa shape index (κ3) is 3.64. The van der Waals surface area contributed by atoms with E-state index < -0.39 is 0 Å². The highest BCUT2D eigenvalue weighted by Crippen LogP contribution is 2.22. The van der Waals surface area contributed by atoms with Crippen LogP contribution in [0.2, 0.25) is 5.02 Å². The molecule has 0 saturated carbocycles. The molecular weight excluding hydrogens is 232 g/mol. The molecule has 0 bridgehead atoms. The Kier molecular flexibility index (Phi) is 6.15. The summed E-state index contributed by atoms with van der Waals surface area (Å²) in [5.74, 6) is 0. The maximum Gasteiger partial charge on any atom is 0.0715 e. The van der Waals surface area contributed by atoms with Gasteiger partial charge in [0.1, 0.15) is 0 Å². The smallest absolute Gasteiger partial charge is 0.0715 e. The fourth-order valence-electron chi connectivity index (χ4n) is 1.93. The summed E-state index contributed by atoms with van der Waals surface area (Å²) in [5.41, 5.74) is 2.77. The number of halogens is 1. The van der Waals surface area contributed by atoms with Gasteiger partial charge in [-0.25, -0.2) is 0 Å². The lowest BCUT2D eigenvalue weighted by Gasteiger charge is -2.14. The van der Waals surface area contributed by atoms with E-state index in [9.17, 15) is 0 Å². The summed E-state index contributed by atoms with van der Waals surface area (Å²) >= 11 is 6.29. The summed E-state index contributed by atoms with van der Waals surface area (Å²) in [4.78, 5) is 0. The number of hydrogen-bond acceptors (Lipinski definition) is 0. The molecule has 1 aromatic carbocycles. The summed E-state index contributed by atoms with van der Waals surface area (Å²) < 4.78 is 0. The first-order chi connectivity index (χ1) is 7.70. The second-order valence-electron chi connectivity index (χ2n) is 4.26. The lowest BCUT2D eigenvalue weighted by atomic mass is 9.98. The first-order valence-electron chi connectivity index (χ1n) is 6.22. The zero-order chi connectivity index (χ0) is 12.0. The van der Waals surface area contributed by atoms with Gasteiger partial charge in [-0.1, -0.05) is 49.5 Å². The van der Waals surface area contributed by atoms with Crippen LogP contribution in [0.25, 0.3) is 0 Å². The van der Waals surface area contributed by atoms with E-state index in [1.807, 2.05) is 6.07 Å². The van der Waals surface area contributed by atoms with Crippen molar-refractivity contribution in [3.8, 4) is 0 Å². The van der Waals surface area contributed by atoms with Crippen LogP contribution >= 0.6 is 11.6 Å². The molecule has 0 amide bonds. The van der Waals surface area contributed by atoms with Crippen molar-refractivity contribution in [2.45, 2.75) is 52.4 Å². The quantitative estimate of drug-likeness (QED) is 0.675. The average Bonchev–Trinajstić information content (AvgIpc) is 2.29. The van der Waals surface area contributed by atoms with Crippen LogP contribution < -0.4 is 5.19 Å². The Hall–Kier alpha value is -0.273. The van der Waals surface area contributed by atoms with Gasteiger partial charge in [-0.2, -0.15) is 0 Å². The van der Waals surface area contributed by atoms with Crippen molar-refractivity contribution < 1.29 is 0 Å². The van der Waals surface area contributed by atoms with E-state index in [2.05, 4.69) is 30.2 Å². The predicted octanol–water partition coefficient (Wildman–Crippen LogP) is 3.82. The molecule has 0 aliphatic heterocycles. The van der Waals surface area contributed by atoms with Gasteiger partial charge in [-0.15, -0.1) is 0 Å². The monoisotopic (exact) mass is 251 g/mol. The maximum atomic E-state index is 6.29. The minimum Gasteiger partial charge on any atom is -0.0840 e. The second kappa shape index (κ2) is 7.13. The SMILES string of the molecule is CCCCc1c([Si])ccc(Cl)c1CCCC. The Bertz CT molecular complexity index is 301. The van der Waals surface area contributed by atoms with Crippen LogP contribution in [0.1, 0.15) is 50.7 Å². The van der Waals surface area contributed by atoms with Crippen LogP contribution in [0.4, 0.5) is 0 Å². The van der Waals surface area contributed by atoms with Crippen molar-refractivity contribution in [2.24, 2.45) is 0 Å². The van der Waals surface area contributed by atoms with Crippen LogP contribution in [-0.4, -0.2) is 10.2 Å². The Labute approximate surface area is 108 Å². The third-order valence-electron chi connectivity index (χ3n) is 2.93. The first-order valence-corrected chi connectivity index (χ1v) is 7.10. The van der Waals surface area contributed by atoms with Crippen molar-refractivity contribution in [2.75, 3.05) is 0 Å². The molecule has 0 fully saturated rings. The normalized spacial score (nSPS) is 10.8. The molecule has 87 valence electrons. The molecule has 1 aromatic rings. The van der Waals surface area contributed by atoms with Crippen LogP contribution in [-0.2, 0) is 12.8 Å². The molecule has 0 saturated heterocycles. The van der Waals surface area contributed by atoms with Gasteiger partial charge in [0.2, 0.25) is 0 Å². The Morgan fingerprint density at radius 3 is 2.12 bits per heavy atom. The van der Waals surface area contributed by atoms with Gasteiger partial charge < -0.3 is 0 Å². The van der Waals surface area contributed by atoms with E-state index in [-0.39, 0.29) is 0 Å². The molecule has 0 N–H and O–H groups in total. The van der Waals surface area contributed by atoms with Gasteiger partial charge in [0.05, 0.1) is 10.2 Å². The van der Waals surface area contributed by atoms with Crippen molar-refractivity contribution in [3.63, 3.8) is 0 Å². The molecule has 0 spiro atoms. The second-order valence-corrected chi connectivity index (χ2v) is 5.21. The molecular formula is C14H20ClSi. The number of rotatable bonds is 6. The van der Waals surface area contributed by atoms with Gasteiger partial charge in [0, 0.05) is 5.02 Å². The molecule has 3 radical (unpaired) electrons. The molecule has 0 unspecified atom stereocenters. The van der Waals surface area contributed by atoms with E-state index in [4.69, 9.17) is 11.6 Å². The van der Waals surface area contributed by atoms with Gasteiger partial charge in [0.25, 0.3) is 0 Å². The van der Waals surface area contributed by atoms with E-state index in [1.165, 1.54) is 42.0 Å². The predicted molar refractivity (Wildman–Crippen MR) is 74.1 cm³/mol. The van der Waals surface area contributed by atoms with Crippen LogP contribution in [0.5, 0.6) is 0 Å². The Morgan fingerprint density at radius 1 is 1.00 bits per heavy atom. The molecule has 0 aliphatic carbocycles. The largest absolute Gasteiger partial charge is 0.0840 e. The number of hydrogen-bond donors (Lipinski definition) is 0. The molecule has 0 heterocycles. The minimum absolute atomic E-state index is 0.932. The average molecular weight is 252 g/mol. The van der Waals surface area contributed by atoms with Gasteiger partial charge in [-0.3, -0.25) is 0 Å². The van der Waals surface area contributed by atoms with Crippen LogP contribution in [0.15, 0.2) is 12.1 Å². The van der Waals surface area contributed by atoms with Crippen molar-refractivity contribution in [3.05, 3.63) is 28.3 Å². The number of unbranched alkanes of at least 4 members (excludes halogenated alkanes) is 2. The zero-order valence-electron chi connectivity index (χ0n) is 10.3. The molecule has 0 atom stereocenters. The molecule has 0 aromatic heterocycles. The fourth-order valence-corrected chi connectivity index (χ4v) is 2.56. The first kappa shape index (κ1) is 13.8. The fraction of sp³-hybridized carbons (Fsp3) is 0.571. The van der Waals surface area contributed by atoms with Gasteiger partial charge in [0.15, 0.2) is 0 Å².